The summed E-state index contributed by atoms with van der Waals surface area (Å²) in [5, 5.41) is 2.68. The first-order valence-corrected chi connectivity index (χ1v) is 6.65. The first-order valence-electron chi connectivity index (χ1n) is 6.12. The molecule has 0 radical (unpaired) electrons. The van der Waals surface area contributed by atoms with Gasteiger partial charge in [0.1, 0.15) is 0 Å². The molecule has 6 heteroatoms. The molecule has 1 unspecified atom stereocenters. The van der Waals surface area contributed by atoms with E-state index in [0.717, 1.165) is 12.1 Å². The van der Waals surface area contributed by atoms with Crippen LogP contribution in [0.5, 0.6) is 0 Å². The Kier molecular flexibility index (Phi) is 5.08. The van der Waals surface area contributed by atoms with E-state index in [0.29, 0.717) is 5.56 Å². The van der Waals surface area contributed by atoms with Gasteiger partial charge >= 0.3 is 6.18 Å². The minimum absolute atomic E-state index is 0.133. The van der Waals surface area contributed by atoms with Crippen LogP contribution in [0.2, 0.25) is 0 Å². The van der Waals surface area contributed by atoms with Crippen LogP contribution in [0.1, 0.15) is 37.9 Å². The number of halogens is 4. The molecule has 1 aromatic rings. The van der Waals surface area contributed by atoms with E-state index in [1.165, 1.54) is 6.07 Å². The number of hydrogen-bond donors (Lipinski definition) is 1. The van der Waals surface area contributed by atoms with Gasteiger partial charge < -0.3 is 5.32 Å². The summed E-state index contributed by atoms with van der Waals surface area (Å²) < 4.78 is 37.9. The van der Waals surface area contributed by atoms with Crippen molar-refractivity contribution in [3.05, 3.63) is 35.4 Å². The van der Waals surface area contributed by atoms with Gasteiger partial charge in [-0.3, -0.25) is 4.79 Å². The standard InChI is InChI=1S/C14H17ClF3NO/c1-9(19-12(20)13(2,3)8-15)10-5-4-6-11(7-10)14(16,17)18/h4-7,9H,8H2,1-3H3,(H,19,20). The zero-order valence-electron chi connectivity index (χ0n) is 11.5. The summed E-state index contributed by atoms with van der Waals surface area (Å²) >= 11 is 5.69. The molecular weight excluding hydrogens is 291 g/mol. The summed E-state index contributed by atoms with van der Waals surface area (Å²) in [5.74, 6) is -0.161. The van der Waals surface area contributed by atoms with Gasteiger partial charge in [-0.25, -0.2) is 0 Å². The van der Waals surface area contributed by atoms with Crippen molar-refractivity contribution in [2.24, 2.45) is 5.41 Å². The molecular formula is C14H17ClF3NO. The lowest BCUT2D eigenvalue weighted by Gasteiger charge is -2.24. The molecule has 1 amide bonds. The third kappa shape index (κ3) is 4.13. The molecule has 0 aliphatic heterocycles. The summed E-state index contributed by atoms with van der Waals surface area (Å²) in [4.78, 5) is 11.9. The van der Waals surface area contributed by atoms with Crippen LogP contribution in [0.15, 0.2) is 24.3 Å². The molecule has 20 heavy (non-hydrogen) atoms. The molecule has 0 fully saturated rings. The molecule has 0 heterocycles. The number of rotatable bonds is 4. The maximum atomic E-state index is 12.6. The fourth-order valence-electron chi connectivity index (χ4n) is 1.52. The maximum Gasteiger partial charge on any atom is 0.416 e. The molecule has 0 aliphatic carbocycles. The van der Waals surface area contributed by atoms with Gasteiger partial charge in [-0.1, -0.05) is 12.1 Å². The minimum atomic E-state index is -4.39. The summed E-state index contributed by atoms with van der Waals surface area (Å²) in [5.41, 5.74) is -1.09. The molecule has 1 rings (SSSR count). The van der Waals surface area contributed by atoms with E-state index in [1.54, 1.807) is 26.8 Å². The van der Waals surface area contributed by atoms with Gasteiger partial charge in [0.25, 0.3) is 0 Å². The van der Waals surface area contributed by atoms with E-state index >= 15 is 0 Å². The lowest BCUT2D eigenvalue weighted by atomic mass is 9.94. The lowest BCUT2D eigenvalue weighted by Crippen LogP contribution is -2.39. The zero-order valence-corrected chi connectivity index (χ0v) is 12.3. The second-order valence-electron chi connectivity index (χ2n) is 5.34. The molecule has 2 nitrogen and oxygen atoms in total. The Bertz CT molecular complexity index is 486. The number of carbonyl (C=O) groups is 1. The normalized spacial score (nSPS) is 13.9. The highest BCUT2D eigenvalue weighted by atomic mass is 35.5. The van der Waals surface area contributed by atoms with Gasteiger partial charge in [0.05, 0.1) is 17.0 Å². The third-order valence-corrected chi connectivity index (χ3v) is 3.68. The number of amides is 1. The molecule has 1 aromatic carbocycles. The first kappa shape index (κ1) is 16.8. The number of alkyl halides is 4. The van der Waals surface area contributed by atoms with Gasteiger partial charge in [-0.05, 0) is 38.5 Å². The Morgan fingerprint density at radius 3 is 2.45 bits per heavy atom. The predicted molar refractivity (Wildman–Crippen MR) is 72.5 cm³/mol. The van der Waals surface area contributed by atoms with E-state index in [-0.39, 0.29) is 11.8 Å². The monoisotopic (exact) mass is 307 g/mol. The second kappa shape index (κ2) is 6.04. The SMILES string of the molecule is CC(NC(=O)C(C)(C)CCl)c1cccc(C(F)(F)F)c1. The number of nitrogens with one attached hydrogen (secondary N) is 1. The highest BCUT2D eigenvalue weighted by Gasteiger charge is 2.31. The van der Waals surface area contributed by atoms with Crippen molar-refractivity contribution < 1.29 is 18.0 Å². The highest BCUT2D eigenvalue weighted by molar-refractivity contribution is 6.19. The molecule has 0 aliphatic rings. The van der Waals surface area contributed by atoms with Crippen LogP contribution in [0.4, 0.5) is 13.2 Å². The van der Waals surface area contributed by atoms with E-state index in [2.05, 4.69) is 5.32 Å². The fraction of sp³-hybridized carbons (Fsp3) is 0.500. The first-order chi connectivity index (χ1) is 9.08. The minimum Gasteiger partial charge on any atom is -0.349 e. The smallest absolute Gasteiger partial charge is 0.349 e. The Labute approximate surface area is 121 Å². The Hall–Kier alpha value is -1.23. The van der Waals surface area contributed by atoms with Crippen molar-refractivity contribution in [2.45, 2.75) is 33.0 Å². The Balaban J connectivity index is 2.89. The van der Waals surface area contributed by atoms with Gasteiger partial charge in [-0.15, -0.1) is 11.6 Å². The maximum absolute atomic E-state index is 12.6. The summed E-state index contributed by atoms with van der Waals surface area (Å²) in [6.45, 7) is 4.99. The van der Waals surface area contributed by atoms with Crippen LogP contribution in [-0.2, 0) is 11.0 Å². The molecule has 0 spiro atoms. The summed E-state index contributed by atoms with van der Waals surface area (Å²) in [7, 11) is 0. The number of carbonyl (C=O) groups excluding carboxylic acids is 1. The molecule has 1 N–H and O–H groups in total. The second-order valence-corrected chi connectivity index (χ2v) is 5.60. The topological polar surface area (TPSA) is 29.1 Å². The summed E-state index contributed by atoms with van der Waals surface area (Å²) in [6, 6.07) is 4.40. The van der Waals surface area contributed by atoms with Crippen LogP contribution in [0.3, 0.4) is 0 Å². The van der Waals surface area contributed by atoms with Crippen LogP contribution < -0.4 is 5.32 Å². The average molecular weight is 308 g/mol. The Morgan fingerprint density at radius 1 is 1.35 bits per heavy atom. The van der Waals surface area contributed by atoms with Crippen molar-refractivity contribution in [3.63, 3.8) is 0 Å². The van der Waals surface area contributed by atoms with Gasteiger partial charge in [0.15, 0.2) is 0 Å². The number of benzene rings is 1. The molecule has 1 atom stereocenters. The quantitative estimate of drug-likeness (QED) is 0.832. The number of hydrogen-bond acceptors (Lipinski definition) is 1. The van der Waals surface area contributed by atoms with Crippen LogP contribution in [-0.4, -0.2) is 11.8 Å². The van der Waals surface area contributed by atoms with Crippen molar-refractivity contribution in [1.29, 1.82) is 0 Å². The van der Waals surface area contributed by atoms with Crippen LogP contribution >= 0.6 is 11.6 Å². The van der Waals surface area contributed by atoms with Crippen LogP contribution in [0.25, 0.3) is 0 Å². The van der Waals surface area contributed by atoms with Gasteiger partial charge in [0.2, 0.25) is 5.91 Å². The van der Waals surface area contributed by atoms with E-state index in [9.17, 15) is 18.0 Å². The molecule has 0 bridgehead atoms. The van der Waals surface area contributed by atoms with Gasteiger partial charge in [-0.2, -0.15) is 13.2 Å². The van der Waals surface area contributed by atoms with Crippen molar-refractivity contribution >= 4 is 17.5 Å². The molecule has 112 valence electrons. The van der Waals surface area contributed by atoms with Crippen LogP contribution in [0, 0.1) is 5.41 Å². The van der Waals surface area contributed by atoms with Gasteiger partial charge in [0, 0.05) is 5.88 Å². The van der Waals surface area contributed by atoms with E-state index < -0.39 is 23.2 Å². The largest absolute Gasteiger partial charge is 0.416 e. The third-order valence-electron chi connectivity index (χ3n) is 3.01. The average Bonchev–Trinajstić information content (AvgIpc) is 2.37. The van der Waals surface area contributed by atoms with Crippen molar-refractivity contribution in [1.82, 2.24) is 5.32 Å². The fourth-order valence-corrected chi connectivity index (χ4v) is 1.64. The Morgan fingerprint density at radius 2 is 1.95 bits per heavy atom. The lowest BCUT2D eigenvalue weighted by molar-refractivity contribution is -0.137. The highest BCUT2D eigenvalue weighted by Crippen LogP contribution is 2.31. The predicted octanol–water partition coefficient (Wildman–Crippen LogP) is 4.15. The molecule has 0 saturated heterocycles. The van der Waals surface area contributed by atoms with Crippen molar-refractivity contribution in [2.75, 3.05) is 5.88 Å². The van der Waals surface area contributed by atoms with E-state index in [1.807, 2.05) is 0 Å². The zero-order chi connectivity index (χ0) is 15.6. The summed E-state index contributed by atoms with van der Waals surface area (Å²) in [6.07, 6.45) is -4.39. The van der Waals surface area contributed by atoms with Crippen molar-refractivity contribution in [3.8, 4) is 0 Å². The van der Waals surface area contributed by atoms with E-state index in [4.69, 9.17) is 11.6 Å². The molecule has 0 aromatic heterocycles. The molecule has 0 saturated carbocycles.